The predicted molar refractivity (Wildman–Crippen MR) is 78.2 cm³/mol. The van der Waals surface area contributed by atoms with E-state index in [1.54, 1.807) is 6.92 Å². The lowest BCUT2D eigenvalue weighted by Gasteiger charge is -2.36. The first-order valence-corrected chi connectivity index (χ1v) is 7.29. The summed E-state index contributed by atoms with van der Waals surface area (Å²) in [6.07, 6.45) is 5.41. The van der Waals surface area contributed by atoms with Crippen molar-refractivity contribution in [3.63, 3.8) is 0 Å². The Kier molecular flexibility index (Phi) is 4.83. The third kappa shape index (κ3) is 3.48. The molecule has 19 heavy (non-hydrogen) atoms. The molecule has 1 aliphatic carbocycles. The lowest BCUT2D eigenvalue weighted by Crippen LogP contribution is -2.35. The van der Waals surface area contributed by atoms with Gasteiger partial charge in [0, 0.05) is 23.2 Å². The number of aliphatic hydroxyl groups excluding tert-OH is 2. The normalized spacial score (nSPS) is 19.9. The number of benzene rings is 1. The largest absolute Gasteiger partial charge is 0.396 e. The van der Waals surface area contributed by atoms with Gasteiger partial charge >= 0.3 is 0 Å². The van der Waals surface area contributed by atoms with E-state index in [2.05, 4.69) is 5.32 Å². The van der Waals surface area contributed by atoms with Crippen LogP contribution >= 0.6 is 0 Å². The van der Waals surface area contributed by atoms with Gasteiger partial charge in [-0.25, -0.2) is 0 Å². The molecule has 1 fully saturated rings. The van der Waals surface area contributed by atoms with Crippen molar-refractivity contribution in [1.29, 1.82) is 0 Å². The van der Waals surface area contributed by atoms with Crippen molar-refractivity contribution >= 4 is 5.69 Å². The fourth-order valence-corrected chi connectivity index (χ4v) is 3.00. The van der Waals surface area contributed by atoms with Crippen LogP contribution in [0.5, 0.6) is 0 Å². The van der Waals surface area contributed by atoms with Gasteiger partial charge in [0.2, 0.25) is 0 Å². The second-order valence-corrected chi connectivity index (χ2v) is 5.84. The van der Waals surface area contributed by atoms with Crippen LogP contribution < -0.4 is 5.32 Å². The van der Waals surface area contributed by atoms with Crippen LogP contribution in [0.2, 0.25) is 0 Å². The van der Waals surface area contributed by atoms with E-state index >= 15 is 0 Å². The van der Waals surface area contributed by atoms with Crippen LogP contribution in [0.25, 0.3) is 0 Å². The molecule has 0 heterocycles. The Labute approximate surface area is 115 Å². The van der Waals surface area contributed by atoms with E-state index in [4.69, 9.17) is 0 Å². The molecule has 0 amide bonds. The summed E-state index contributed by atoms with van der Waals surface area (Å²) in [6, 6.07) is 7.85. The molecule has 0 aliphatic heterocycles. The number of hydrogen-bond donors (Lipinski definition) is 3. The Balaban J connectivity index is 2.05. The van der Waals surface area contributed by atoms with E-state index < -0.39 is 6.10 Å². The fraction of sp³-hybridized carbons (Fsp3) is 0.625. The number of anilines is 1. The van der Waals surface area contributed by atoms with E-state index in [1.807, 2.05) is 24.3 Å². The second-order valence-electron chi connectivity index (χ2n) is 5.84. The van der Waals surface area contributed by atoms with Crippen molar-refractivity contribution < 1.29 is 10.2 Å². The third-order valence-corrected chi connectivity index (χ3v) is 4.31. The zero-order chi connectivity index (χ0) is 13.7. The van der Waals surface area contributed by atoms with Crippen LogP contribution in [0.4, 0.5) is 5.69 Å². The van der Waals surface area contributed by atoms with Crippen LogP contribution in [-0.2, 0) is 0 Å². The van der Waals surface area contributed by atoms with Gasteiger partial charge < -0.3 is 15.5 Å². The van der Waals surface area contributed by atoms with Crippen molar-refractivity contribution in [2.24, 2.45) is 5.41 Å². The minimum absolute atomic E-state index is 0.0179. The van der Waals surface area contributed by atoms with Crippen LogP contribution in [0.3, 0.4) is 0 Å². The van der Waals surface area contributed by atoms with Crippen molar-refractivity contribution in [3.8, 4) is 0 Å². The predicted octanol–water partition coefficient (Wildman–Crippen LogP) is 3.09. The minimum Gasteiger partial charge on any atom is -0.396 e. The molecule has 106 valence electrons. The second kappa shape index (κ2) is 6.40. The van der Waals surface area contributed by atoms with Gasteiger partial charge in [0.05, 0.1) is 12.7 Å². The Morgan fingerprint density at radius 2 is 1.89 bits per heavy atom. The Hall–Kier alpha value is -1.06. The lowest BCUT2D eigenvalue weighted by atomic mass is 9.74. The molecular formula is C16H25NO2. The fourth-order valence-electron chi connectivity index (χ4n) is 3.00. The number of para-hydroxylation sites is 1. The maximum Gasteiger partial charge on any atom is 0.0781 e. The van der Waals surface area contributed by atoms with Crippen LogP contribution in [-0.4, -0.2) is 23.4 Å². The smallest absolute Gasteiger partial charge is 0.0781 e. The highest BCUT2D eigenvalue weighted by molar-refractivity contribution is 5.52. The van der Waals surface area contributed by atoms with E-state index in [0.29, 0.717) is 0 Å². The molecule has 2 rings (SSSR count). The van der Waals surface area contributed by atoms with Crippen LogP contribution in [0.1, 0.15) is 50.7 Å². The number of aliphatic hydroxyl groups is 2. The van der Waals surface area contributed by atoms with E-state index in [-0.39, 0.29) is 12.0 Å². The van der Waals surface area contributed by atoms with Gasteiger partial charge in [-0.3, -0.25) is 0 Å². The Bertz CT molecular complexity index is 397. The van der Waals surface area contributed by atoms with Crippen LogP contribution in [0, 0.1) is 5.41 Å². The van der Waals surface area contributed by atoms with Gasteiger partial charge in [-0.05, 0) is 25.8 Å². The van der Waals surface area contributed by atoms with Crippen molar-refractivity contribution in [1.82, 2.24) is 0 Å². The van der Waals surface area contributed by atoms with Gasteiger partial charge in [-0.1, -0.05) is 37.5 Å². The summed E-state index contributed by atoms with van der Waals surface area (Å²) in [6.45, 7) is 2.81. The number of nitrogens with one attached hydrogen (secondary N) is 1. The van der Waals surface area contributed by atoms with Crippen molar-refractivity contribution in [2.75, 3.05) is 18.5 Å². The highest BCUT2D eigenvalue weighted by atomic mass is 16.3. The molecule has 1 atom stereocenters. The standard InChI is InChI=1S/C16H25NO2/c1-13(19)14-7-3-4-8-15(14)17-11-16(12-18)9-5-2-6-10-16/h3-4,7-8,13,17-19H,2,5-6,9-12H2,1H3. The quantitative estimate of drug-likeness (QED) is 0.765. The summed E-state index contributed by atoms with van der Waals surface area (Å²) in [4.78, 5) is 0. The molecule has 1 aliphatic rings. The minimum atomic E-state index is -0.472. The van der Waals surface area contributed by atoms with Gasteiger partial charge in [0.15, 0.2) is 0 Å². The topological polar surface area (TPSA) is 52.5 Å². The first-order valence-electron chi connectivity index (χ1n) is 7.29. The average Bonchev–Trinajstić information content (AvgIpc) is 2.46. The molecule has 0 bridgehead atoms. The van der Waals surface area contributed by atoms with Gasteiger partial charge in [0.1, 0.15) is 0 Å². The maximum atomic E-state index is 9.77. The van der Waals surface area contributed by atoms with Crippen molar-refractivity contribution in [2.45, 2.75) is 45.1 Å². The van der Waals surface area contributed by atoms with Gasteiger partial charge in [-0.15, -0.1) is 0 Å². The number of hydrogen-bond acceptors (Lipinski definition) is 3. The highest BCUT2D eigenvalue weighted by Crippen LogP contribution is 2.36. The monoisotopic (exact) mass is 263 g/mol. The molecule has 3 N–H and O–H groups in total. The summed E-state index contributed by atoms with van der Waals surface area (Å²) in [5.41, 5.74) is 1.92. The molecule has 1 aromatic rings. The first-order chi connectivity index (χ1) is 9.17. The van der Waals surface area contributed by atoms with Gasteiger partial charge in [-0.2, -0.15) is 0 Å². The summed E-state index contributed by atoms with van der Waals surface area (Å²) in [7, 11) is 0. The van der Waals surface area contributed by atoms with Crippen molar-refractivity contribution in [3.05, 3.63) is 29.8 Å². The third-order valence-electron chi connectivity index (χ3n) is 4.31. The molecule has 1 aromatic carbocycles. The summed E-state index contributed by atoms with van der Waals surface area (Å²) in [5, 5.41) is 22.9. The summed E-state index contributed by atoms with van der Waals surface area (Å²) >= 11 is 0. The molecule has 0 radical (unpaired) electrons. The van der Waals surface area contributed by atoms with E-state index in [0.717, 1.165) is 30.6 Å². The summed E-state index contributed by atoms with van der Waals surface area (Å²) in [5.74, 6) is 0. The molecule has 1 unspecified atom stereocenters. The molecule has 0 saturated heterocycles. The molecule has 0 spiro atoms. The molecular weight excluding hydrogens is 238 g/mol. The van der Waals surface area contributed by atoms with Crippen LogP contribution in [0.15, 0.2) is 24.3 Å². The Morgan fingerprint density at radius 3 is 2.53 bits per heavy atom. The first kappa shape index (κ1) is 14.4. The highest BCUT2D eigenvalue weighted by Gasteiger charge is 2.31. The molecule has 1 saturated carbocycles. The number of rotatable bonds is 5. The molecule has 0 aromatic heterocycles. The molecule has 3 nitrogen and oxygen atoms in total. The average molecular weight is 263 g/mol. The van der Waals surface area contributed by atoms with E-state index in [1.165, 1.54) is 19.3 Å². The Morgan fingerprint density at radius 1 is 1.21 bits per heavy atom. The molecule has 3 heteroatoms. The summed E-state index contributed by atoms with van der Waals surface area (Å²) < 4.78 is 0. The SMILES string of the molecule is CC(O)c1ccccc1NCC1(CO)CCCCC1. The lowest BCUT2D eigenvalue weighted by molar-refractivity contribution is 0.0943. The van der Waals surface area contributed by atoms with E-state index in [9.17, 15) is 10.2 Å². The van der Waals surface area contributed by atoms with Gasteiger partial charge in [0.25, 0.3) is 0 Å². The zero-order valence-electron chi connectivity index (χ0n) is 11.7. The maximum absolute atomic E-state index is 9.77. The zero-order valence-corrected chi connectivity index (χ0v) is 11.7.